The van der Waals surface area contributed by atoms with E-state index in [1.807, 2.05) is 12.4 Å². The molecule has 1 aliphatic heterocycles. The lowest BCUT2D eigenvalue weighted by Gasteiger charge is -2.31. The molecule has 0 aliphatic carbocycles. The Hall–Kier alpha value is -3.56. The molecule has 0 fully saturated rings. The average molecular weight is 402 g/mol. The Bertz CT molecular complexity index is 1380. The van der Waals surface area contributed by atoms with Crippen molar-refractivity contribution in [3.05, 3.63) is 108 Å². The minimum atomic E-state index is 0.911. The summed E-state index contributed by atoms with van der Waals surface area (Å²) in [6, 6.07) is 28.0. The molecule has 2 aromatic heterocycles. The van der Waals surface area contributed by atoms with Gasteiger partial charge >= 0.3 is 0 Å². The summed E-state index contributed by atoms with van der Waals surface area (Å²) >= 11 is 0. The first kappa shape index (κ1) is 18.2. The zero-order valence-electron chi connectivity index (χ0n) is 17.3. The average Bonchev–Trinajstić information content (AvgIpc) is 2.84. The Morgan fingerprint density at radius 3 is 2.45 bits per heavy atom. The molecular formula is C28H23N3. The number of nitrogens with zero attached hydrogens (tertiary/aromatic N) is 3. The summed E-state index contributed by atoms with van der Waals surface area (Å²) in [6.45, 7) is 2.93. The van der Waals surface area contributed by atoms with E-state index in [2.05, 4.69) is 88.7 Å². The molecule has 0 unspecified atom stereocenters. The van der Waals surface area contributed by atoms with E-state index in [1.165, 1.54) is 32.8 Å². The summed E-state index contributed by atoms with van der Waals surface area (Å²) in [5.41, 5.74) is 7.49. The second-order valence-corrected chi connectivity index (χ2v) is 8.28. The third-order valence-corrected chi connectivity index (χ3v) is 6.35. The maximum atomic E-state index is 5.20. The van der Waals surface area contributed by atoms with Gasteiger partial charge in [-0.05, 0) is 52.1 Å². The fourth-order valence-electron chi connectivity index (χ4n) is 4.90. The number of benzene rings is 3. The summed E-state index contributed by atoms with van der Waals surface area (Å²) in [5, 5.41) is 3.91. The van der Waals surface area contributed by atoms with Gasteiger partial charge in [-0.2, -0.15) is 0 Å². The van der Waals surface area contributed by atoms with E-state index in [-0.39, 0.29) is 0 Å². The van der Waals surface area contributed by atoms with Crippen LogP contribution in [0.2, 0.25) is 0 Å². The molecular weight excluding hydrogens is 378 g/mol. The SMILES string of the molecule is c1ccc(CN2CCc3c(c(-c4ccncc4)nc4ccc5ccccc5c34)C2)cc1. The van der Waals surface area contributed by atoms with Gasteiger partial charge in [0.25, 0.3) is 0 Å². The molecule has 0 spiro atoms. The summed E-state index contributed by atoms with van der Waals surface area (Å²) in [5.74, 6) is 0. The predicted molar refractivity (Wildman–Crippen MR) is 127 cm³/mol. The Balaban J connectivity index is 1.55. The first-order valence-corrected chi connectivity index (χ1v) is 10.9. The Labute approximate surface area is 182 Å². The molecule has 0 atom stereocenters. The van der Waals surface area contributed by atoms with Crippen LogP contribution in [-0.2, 0) is 19.5 Å². The van der Waals surface area contributed by atoms with Crippen LogP contribution in [0.25, 0.3) is 32.9 Å². The lowest BCUT2D eigenvalue weighted by Crippen LogP contribution is -2.31. The number of hydrogen-bond acceptors (Lipinski definition) is 3. The molecule has 150 valence electrons. The Morgan fingerprint density at radius 1 is 0.774 bits per heavy atom. The van der Waals surface area contributed by atoms with Gasteiger partial charge in [0.1, 0.15) is 0 Å². The highest BCUT2D eigenvalue weighted by molar-refractivity contribution is 6.09. The van der Waals surface area contributed by atoms with E-state index in [1.54, 1.807) is 0 Å². The zero-order chi connectivity index (χ0) is 20.6. The Kier molecular flexibility index (Phi) is 4.47. The molecule has 5 aromatic rings. The van der Waals surface area contributed by atoms with Crippen LogP contribution in [-0.4, -0.2) is 21.4 Å². The molecule has 3 heteroatoms. The van der Waals surface area contributed by atoms with Crippen molar-refractivity contribution in [3.8, 4) is 11.3 Å². The van der Waals surface area contributed by atoms with Crippen molar-refractivity contribution < 1.29 is 0 Å². The van der Waals surface area contributed by atoms with Crippen molar-refractivity contribution in [2.45, 2.75) is 19.5 Å². The predicted octanol–water partition coefficient (Wildman–Crippen LogP) is 6.01. The van der Waals surface area contributed by atoms with E-state index in [4.69, 9.17) is 4.98 Å². The molecule has 6 rings (SSSR count). The van der Waals surface area contributed by atoms with Gasteiger partial charge in [0.2, 0.25) is 0 Å². The van der Waals surface area contributed by atoms with E-state index < -0.39 is 0 Å². The van der Waals surface area contributed by atoms with Crippen LogP contribution in [0.1, 0.15) is 16.7 Å². The molecule has 0 amide bonds. The smallest absolute Gasteiger partial charge is 0.0758 e. The van der Waals surface area contributed by atoms with Crippen LogP contribution in [0.3, 0.4) is 0 Å². The number of pyridine rings is 2. The van der Waals surface area contributed by atoms with E-state index >= 15 is 0 Å². The van der Waals surface area contributed by atoms with Gasteiger partial charge in [0.15, 0.2) is 0 Å². The highest BCUT2D eigenvalue weighted by atomic mass is 15.1. The molecule has 31 heavy (non-hydrogen) atoms. The standard InChI is InChI=1S/C28H23N3/c1-2-6-20(7-3-1)18-31-17-14-24-25(19-31)28(22-12-15-29-16-13-22)30-26-11-10-21-8-4-5-9-23(21)27(24)26/h1-13,15-16H,14,17-19H2. The molecule has 0 saturated heterocycles. The summed E-state index contributed by atoms with van der Waals surface area (Å²) in [4.78, 5) is 12.0. The zero-order valence-corrected chi connectivity index (χ0v) is 17.3. The number of aromatic nitrogens is 2. The highest BCUT2D eigenvalue weighted by Gasteiger charge is 2.24. The van der Waals surface area contributed by atoms with Crippen LogP contribution < -0.4 is 0 Å². The van der Waals surface area contributed by atoms with Gasteiger partial charge in [-0.25, -0.2) is 4.98 Å². The Morgan fingerprint density at radius 2 is 1.58 bits per heavy atom. The second-order valence-electron chi connectivity index (χ2n) is 8.28. The van der Waals surface area contributed by atoms with Crippen molar-refractivity contribution in [3.63, 3.8) is 0 Å². The van der Waals surface area contributed by atoms with Crippen LogP contribution in [0.15, 0.2) is 91.3 Å². The van der Waals surface area contributed by atoms with Gasteiger partial charge < -0.3 is 0 Å². The molecule has 0 bridgehead atoms. The molecule has 1 aliphatic rings. The van der Waals surface area contributed by atoms with Gasteiger partial charge in [-0.15, -0.1) is 0 Å². The van der Waals surface area contributed by atoms with Crippen LogP contribution in [0.4, 0.5) is 0 Å². The summed E-state index contributed by atoms with van der Waals surface area (Å²) in [7, 11) is 0. The molecule has 3 nitrogen and oxygen atoms in total. The normalized spacial score (nSPS) is 14.1. The third-order valence-electron chi connectivity index (χ3n) is 6.35. The number of rotatable bonds is 3. The molecule has 0 radical (unpaired) electrons. The summed E-state index contributed by atoms with van der Waals surface area (Å²) < 4.78 is 0. The largest absolute Gasteiger partial charge is 0.294 e. The van der Waals surface area contributed by atoms with Crippen molar-refractivity contribution in [2.24, 2.45) is 0 Å². The lowest BCUT2D eigenvalue weighted by atomic mass is 9.89. The highest BCUT2D eigenvalue weighted by Crippen LogP contribution is 2.37. The van der Waals surface area contributed by atoms with Gasteiger partial charge in [0, 0.05) is 43.0 Å². The minimum Gasteiger partial charge on any atom is -0.294 e. The van der Waals surface area contributed by atoms with Crippen LogP contribution >= 0.6 is 0 Å². The molecule has 3 heterocycles. The maximum Gasteiger partial charge on any atom is 0.0758 e. The number of hydrogen-bond donors (Lipinski definition) is 0. The van der Waals surface area contributed by atoms with Gasteiger partial charge in [-0.1, -0.05) is 60.7 Å². The van der Waals surface area contributed by atoms with E-state index in [9.17, 15) is 0 Å². The van der Waals surface area contributed by atoms with Crippen molar-refractivity contribution >= 4 is 21.7 Å². The fourth-order valence-corrected chi connectivity index (χ4v) is 4.90. The lowest BCUT2D eigenvalue weighted by molar-refractivity contribution is 0.246. The summed E-state index contributed by atoms with van der Waals surface area (Å²) in [6.07, 6.45) is 4.75. The fraction of sp³-hybridized carbons (Fsp3) is 0.143. The van der Waals surface area contributed by atoms with Crippen molar-refractivity contribution in [1.29, 1.82) is 0 Å². The van der Waals surface area contributed by atoms with Crippen LogP contribution in [0, 0.1) is 0 Å². The topological polar surface area (TPSA) is 29.0 Å². The van der Waals surface area contributed by atoms with Crippen LogP contribution in [0.5, 0.6) is 0 Å². The molecule has 3 aromatic carbocycles. The first-order valence-electron chi connectivity index (χ1n) is 10.9. The first-order chi connectivity index (χ1) is 15.4. The van der Waals surface area contributed by atoms with E-state index in [0.717, 1.165) is 42.8 Å². The monoisotopic (exact) mass is 401 g/mol. The van der Waals surface area contributed by atoms with Gasteiger partial charge in [-0.3, -0.25) is 9.88 Å². The second kappa shape index (κ2) is 7.60. The minimum absolute atomic E-state index is 0.911. The van der Waals surface area contributed by atoms with Gasteiger partial charge in [0.05, 0.1) is 11.2 Å². The van der Waals surface area contributed by atoms with E-state index in [0.29, 0.717) is 0 Å². The third kappa shape index (κ3) is 3.28. The van der Waals surface area contributed by atoms with Crippen molar-refractivity contribution in [2.75, 3.05) is 6.54 Å². The van der Waals surface area contributed by atoms with Crippen molar-refractivity contribution in [1.82, 2.24) is 14.9 Å². The molecule has 0 saturated carbocycles. The quantitative estimate of drug-likeness (QED) is 0.347. The maximum absolute atomic E-state index is 5.20. The molecule has 0 N–H and O–H groups in total. The number of fused-ring (bicyclic) bond motifs is 5.